The van der Waals surface area contributed by atoms with E-state index < -0.39 is 5.97 Å². The van der Waals surface area contributed by atoms with E-state index in [4.69, 9.17) is 5.11 Å². The smallest absolute Gasteiger partial charge is 0.335 e. The van der Waals surface area contributed by atoms with Crippen LogP contribution >= 0.6 is 27.3 Å². The van der Waals surface area contributed by atoms with Crippen molar-refractivity contribution in [2.75, 3.05) is 0 Å². The molecule has 0 saturated carbocycles. The lowest BCUT2D eigenvalue weighted by Crippen LogP contribution is -2.22. The number of halogens is 1. The molecule has 0 radical (unpaired) electrons. The fourth-order valence-electron chi connectivity index (χ4n) is 2.54. The van der Waals surface area contributed by atoms with E-state index in [-0.39, 0.29) is 11.1 Å². The minimum atomic E-state index is -1.03. The summed E-state index contributed by atoms with van der Waals surface area (Å²) in [4.78, 5) is 28.8. The third-order valence-electron chi connectivity index (χ3n) is 3.63. The minimum Gasteiger partial charge on any atom is -0.478 e. The molecule has 24 heavy (non-hydrogen) atoms. The fourth-order valence-corrected chi connectivity index (χ4v) is 3.95. The van der Waals surface area contributed by atoms with Gasteiger partial charge in [0, 0.05) is 4.47 Å². The molecule has 0 unspecified atom stereocenters. The highest BCUT2D eigenvalue weighted by Crippen LogP contribution is 2.18. The van der Waals surface area contributed by atoms with E-state index in [1.165, 1.54) is 27.9 Å². The number of fused-ring (bicyclic) bond motifs is 3. The van der Waals surface area contributed by atoms with Gasteiger partial charge in [-0.3, -0.25) is 4.79 Å². The average molecular weight is 401 g/mol. The first-order chi connectivity index (χ1) is 11.5. The van der Waals surface area contributed by atoms with Gasteiger partial charge in [0.05, 0.1) is 21.1 Å². The Kier molecular flexibility index (Phi) is 3.47. The number of thiazole rings is 1. The van der Waals surface area contributed by atoms with Crippen molar-refractivity contribution in [2.24, 2.45) is 0 Å². The van der Waals surface area contributed by atoms with E-state index in [0.29, 0.717) is 20.5 Å². The van der Waals surface area contributed by atoms with Gasteiger partial charge in [0.15, 0.2) is 4.96 Å². The van der Waals surface area contributed by atoms with E-state index in [1.807, 2.05) is 24.3 Å². The maximum absolute atomic E-state index is 12.7. The Balaban J connectivity index is 2.00. The summed E-state index contributed by atoms with van der Waals surface area (Å²) in [7, 11) is 0. The summed E-state index contributed by atoms with van der Waals surface area (Å²) in [5.74, 6) is -1.03. The molecule has 2 heterocycles. The van der Waals surface area contributed by atoms with E-state index in [1.54, 1.807) is 12.1 Å². The molecule has 2 aromatic carbocycles. The zero-order valence-electron chi connectivity index (χ0n) is 12.1. The molecule has 0 aliphatic heterocycles. The van der Waals surface area contributed by atoms with Crippen LogP contribution in [0.1, 0.15) is 15.9 Å². The average Bonchev–Trinajstić information content (AvgIpc) is 3.04. The molecule has 5 nitrogen and oxygen atoms in total. The second-order valence-corrected chi connectivity index (χ2v) is 7.13. The molecule has 4 aromatic rings. The van der Waals surface area contributed by atoms with Crippen LogP contribution < -0.4 is 10.1 Å². The maximum Gasteiger partial charge on any atom is 0.335 e. The normalized spacial score (nSPS) is 12.3. The summed E-state index contributed by atoms with van der Waals surface area (Å²) in [5, 5.41) is 9.13. The second-order valence-electron chi connectivity index (χ2n) is 5.21. The molecule has 0 fully saturated rings. The molecule has 1 N–H and O–H groups in total. The Morgan fingerprint density at radius 2 is 2.08 bits per heavy atom. The number of carbonyl (C=O) groups is 1. The van der Waals surface area contributed by atoms with E-state index >= 15 is 0 Å². The number of hydrogen-bond donors (Lipinski definition) is 1. The monoisotopic (exact) mass is 400 g/mol. The lowest BCUT2D eigenvalue weighted by Gasteiger charge is -1.94. The standard InChI is InChI=1S/C17H9BrN2O3S/c18-11-3-1-2-9(6-11)7-14-15(21)20-13-8-10(16(22)23)4-5-12(13)19-17(20)24-14/h1-8H,(H,22,23)/b14-7-. The van der Waals surface area contributed by atoms with E-state index in [2.05, 4.69) is 20.9 Å². The summed E-state index contributed by atoms with van der Waals surface area (Å²) >= 11 is 4.69. The topological polar surface area (TPSA) is 71.7 Å². The van der Waals surface area contributed by atoms with Gasteiger partial charge in [-0.1, -0.05) is 39.4 Å². The van der Waals surface area contributed by atoms with Gasteiger partial charge in [-0.2, -0.15) is 0 Å². The third kappa shape index (κ3) is 2.42. The number of rotatable bonds is 2. The Morgan fingerprint density at radius 3 is 2.83 bits per heavy atom. The van der Waals surface area contributed by atoms with Gasteiger partial charge in [-0.15, -0.1) is 0 Å². The molecular weight excluding hydrogens is 392 g/mol. The van der Waals surface area contributed by atoms with Crippen molar-refractivity contribution in [1.82, 2.24) is 9.38 Å². The van der Waals surface area contributed by atoms with Crippen molar-refractivity contribution in [2.45, 2.75) is 0 Å². The quantitative estimate of drug-likeness (QED) is 0.561. The lowest BCUT2D eigenvalue weighted by atomic mass is 10.2. The number of aromatic carboxylic acids is 1. The summed E-state index contributed by atoms with van der Waals surface area (Å²) in [6, 6.07) is 12.2. The van der Waals surface area contributed by atoms with Crippen LogP contribution in [-0.2, 0) is 0 Å². The molecule has 0 bridgehead atoms. The Hall–Kier alpha value is -2.51. The highest BCUT2D eigenvalue weighted by Gasteiger charge is 2.13. The highest BCUT2D eigenvalue weighted by molar-refractivity contribution is 9.10. The van der Waals surface area contributed by atoms with Crippen LogP contribution in [0.4, 0.5) is 0 Å². The van der Waals surface area contributed by atoms with Crippen molar-refractivity contribution in [3.63, 3.8) is 0 Å². The van der Waals surface area contributed by atoms with E-state index in [9.17, 15) is 9.59 Å². The summed E-state index contributed by atoms with van der Waals surface area (Å²) < 4.78 is 2.95. The molecular formula is C17H9BrN2O3S. The SMILES string of the molecule is O=C(O)c1ccc2nc3s/c(=C\c4cccc(Br)c4)c(=O)n3c2c1. The van der Waals surface area contributed by atoms with Crippen LogP contribution in [0.25, 0.3) is 22.1 Å². The van der Waals surface area contributed by atoms with Gasteiger partial charge in [0.25, 0.3) is 5.56 Å². The van der Waals surface area contributed by atoms with Gasteiger partial charge >= 0.3 is 5.97 Å². The zero-order valence-corrected chi connectivity index (χ0v) is 14.5. The van der Waals surface area contributed by atoms with Crippen LogP contribution in [0, 0.1) is 0 Å². The molecule has 0 aliphatic rings. The first kappa shape index (κ1) is 15.0. The first-order valence-corrected chi connectivity index (χ1v) is 8.59. The summed E-state index contributed by atoms with van der Waals surface area (Å²) in [6.45, 7) is 0. The van der Waals surface area contributed by atoms with Gasteiger partial charge in [-0.25, -0.2) is 14.2 Å². The summed E-state index contributed by atoms with van der Waals surface area (Å²) in [6.07, 6.45) is 1.80. The number of aromatic nitrogens is 2. The first-order valence-electron chi connectivity index (χ1n) is 6.98. The molecule has 0 spiro atoms. The number of carboxylic acids is 1. The molecule has 7 heteroatoms. The number of nitrogens with zero attached hydrogens (tertiary/aromatic N) is 2. The fraction of sp³-hybridized carbons (Fsp3) is 0. The second kappa shape index (κ2) is 5.54. The molecule has 0 atom stereocenters. The van der Waals surface area contributed by atoms with Crippen LogP contribution in [-0.4, -0.2) is 20.5 Å². The number of hydrogen-bond acceptors (Lipinski definition) is 4. The molecule has 4 rings (SSSR count). The predicted molar refractivity (Wildman–Crippen MR) is 96.7 cm³/mol. The maximum atomic E-state index is 12.7. The van der Waals surface area contributed by atoms with Crippen molar-refractivity contribution in [3.8, 4) is 0 Å². The molecule has 0 amide bonds. The van der Waals surface area contributed by atoms with Crippen LogP contribution in [0.3, 0.4) is 0 Å². The summed E-state index contributed by atoms with van der Waals surface area (Å²) in [5.41, 5.74) is 1.96. The molecule has 2 aromatic heterocycles. The van der Waals surface area contributed by atoms with E-state index in [0.717, 1.165) is 10.0 Å². The number of imidazole rings is 1. The molecule has 0 aliphatic carbocycles. The predicted octanol–water partition coefficient (Wildman–Crippen LogP) is 2.92. The molecule has 118 valence electrons. The van der Waals surface area contributed by atoms with Crippen molar-refractivity contribution in [3.05, 3.63) is 73.0 Å². The van der Waals surface area contributed by atoms with Gasteiger partial charge in [0.2, 0.25) is 0 Å². The molecule has 0 saturated heterocycles. The lowest BCUT2D eigenvalue weighted by molar-refractivity contribution is 0.0697. The third-order valence-corrected chi connectivity index (χ3v) is 5.09. The Labute approximate surface area is 147 Å². The van der Waals surface area contributed by atoms with Gasteiger partial charge in [0.1, 0.15) is 0 Å². The number of benzene rings is 2. The van der Waals surface area contributed by atoms with Crippen molar-refractivity contribution in [1.29, 1.82) is 0 Å². The van der Waals surface area contributed by atoms with Crippen LogP contribution in [0.2, 0.25) is 0 Å². The van der Waals surface area contributed by atoms with Crippen molar-refractivity contribution >= 4 is 55.3 Å². The Morgan fingerprint density at radius 1 is 1.25 bits per heavy atom. The van der Waals surface area contributed by atoms with Crippen molar-refractivity contribution < 1.29 is 9.90 Å². The largest absolute Gasteiger partial charge is 0.478 e. The van der Waals surface area contributed by atoms with Gasteiger partial charge < -0.3 is 5.11 Å². The van der Waals surface area contributed by atoms with Crippen LogP contribution in [0.5, 0.6) is 0 Å². The Bertz CT molecular complexity index is 1230. The number of carboxylic acid groups (broad SMARTS) is 1. The van der Waals surface area contributed by atoms with Crippen LogP contribution in [0.15, 0.2) is 51.7 Å². The van der Waals surface area contributed by atoms with Gasteiger partial charge in [-0.05, 0) is 42.0 Å². The highest BCUT2D eigenvalue weighted by atomic mass is 79.9. The minimum absolute atomic E-state index is 0.132. The zero-order chi connectivity index (χ0) is 16.8.